The molecule has 26 heavy (non-hydrogen) atoms. The van der Waals surface area contributed by atoms with Crippen molar-refractivity contribution in [1.82, 2.24) is 5.32 Å². The quantitative estimate of drug-likeness (QED) is 0.832. The molecule has 2 aromatic carbocycles. The maximum atomic E-state index is 12.8. The number of nitrogens with one attached hydrogen (secondary N) is 1. The van der Waals surface area contributed by atoms with Gasteiger partial charge in [0.25, 0.3) is 0 Å². The summed E-state index contributed by atoms with van der Waals surface area (Å²) < 4.78 is 49.8. The van der Waals surface area contributed by atoms with Crippen LogP contribution < -0.4 is 14.8 Å². The first-order valence-electron chi connectivity index (χ1n) is 7.89. The van der Waals surface area contributed by atoms with Crippen LogP contribution in [0.5, 0.6) is 17.2 Å². The largest absolute Gasteiger partial charge is 0.487 e. The van der Waals surface area contributed by atoms with E-state index in [0.717, 1.165) is 17.7 Å². The van der Waals surface area contributed by atoms with E-state index in [1.165, 1.54) is 18.2 Å². The number of para-hydroxylation sites is 1. The molecular weight excluding hydrogens is 347 g/mol. The summed E-state index contributed by atoms with van der Waals surface area (Å²) >= 11 is 0. The number of hydrogen-bond donors (Lipinski definition) is 1. The molecule has 7 heteroatoms. The second-order valence-electron chi connectivity index (χ2n) is 5.80. The van der Waals surface area contributed by atoms with E-state index >= 15 is 0 Å². The van der Waals surface area contributed by atoms with Gasteiger partial charge in [-0.2, -0.15) is 13.2 Å². The molecule has 1 heterocycles. The Labute approximate surface area is 148 Å². The monoisotopic (exact) mass is 363 g/mol. The van der Waals surface area contributed by atoms with Gasteiger partial charge in [-0.05, 0) is 36.8 Å². The van der Waals surface area contributed by atoms with E-state index in [0.29, 0.717) is 17.9 Å². The van der Waals surface area contributed by atoms with Gasteiger partial charge in [0.1, 0.15) is 12.4 Å². The highest BCUT2D eigenvalue weighted by Crippen LogP contribution is 2.39. The summed E-state index contributed by atoms with van der Waals surface area (Å²) in [6.07, 6.45) is -2.74. The Balaban J connectivity index is 1.80. The summed E-state index contributed by atoms with van der Waals surface area (Å²) in [4.78, 5) is 11.4. The number of carbonyl (C=O) groups is 1. The lowest BCUT2D eigenvalue weighted by molar-refractivity contribution is -0.137. The Morgan fingerprint density at radius 1 is 1.27 bits per heavy atom. The summed E-state index contributed by atoms with van der Waals surface area (Å²) in [5.74, 6) is 0.571. The predicted octanol–water partition coefficient (Wildman–Crippen LogP) is 4.10. The minimum absolute atomic E-state index is 0.0684. The van der Waals surface area contributed by atoms with Crippen molar-refractivity contribution in [3.8, 4) is 17.2 Å². The van der Waals surface area contributed by atoms with Gasteiger partial charge >= 0.3 is 6.18 Å². The first kappa shape index (κ1) is 17.8. The van der Waals surface area contributed by atoms with Crippen LogP contribution in [0.4, 0.5) is 13.2 Å². The lowest BCUT2D eigenvalue weighted by atomic mass is 10.0. The molecule has 4 nitrogen and oxygen atoms in total. The van der Waals surface area contributed by atoms with Gasteiger partial charge < -0.3 is 14.8 Å². The van der Waals surface area contributed by atoms with E-state index in [-0.39, 0.29) is 24.3 Å². The second kappa shape index (κ2) is 7.11. The van der Waals surface area contributed by atoms with Crippen molar-refractivity contribution in [3.63, 3.8) is 0 Å². The van der Waals surface area contributed by atoms with E-state index in [9.17, 15) is 18.0 Å². The van der Waals surface area contributed by atoms with Crippen molar-refractivity contribution in [2.45, 2.75) is 18.6 Å². The van der Waals surface area contributed by atoms with E-state index in [1.54, 1.807) is 12.1 Å². The number of benzene rings is 2. The molecule has 1 N–H and O–H groups in total. The van der Waals surface area contributed by atoms with Gasteiger partial charge in [0.15, 0.2) is 11.5 Å². The van der Waals surface area contributed by atoms with Crippen LogP contribution in [0.1, 0.15) is 11.1 Å². The highest BCUT2D eigenvalue weighted by atomic mass is 19.4. The molecule has 136 valence electrons. The van der Waals surface area contributed by atoms with Crippen LogP contribution in [-0.2, 0) is 17.4 Å². The zero-order chi connectivity index (χ0) is 18.7. The molecule has 0 spiro atoms. The summed E-state index contributed by atoms with van der Waals surface area (Å²) in [6, 6.07) is 9.62. The first-order valence-corrected chi connectivity index (χ1v) is 7.89. The molecule has 0 radical (unpaired) electrons. The zero-order valence-corrected chi connectivity index (χ0v) is 13.7. The van der Waals surface area contributed by atoms with Crippen molar-refractivity contribution in [1.29, 1.82) is 0 Å². The number of amides is 1. The summed E-state index contributed by atoms with van der Waals surface area (Å²) in [5, 5.41) is 2.75. The minimum Gasteiger partial charge on any atom is -0.487 e. The maximum absolute atomic E-state index is 12.8. The summed E-state index contributed by atoms with van der Waals surface area (Å²) in [6.45, 7) is 3.63. The molecular formula is C19H16F3NO3. The Hall–Kier alpha value is -2.96. The number of halogens is 3. The van der Waals surface area contributed by atoms with Gasteiger partial charge in [0.2, 0.25) is 5.91 Å². The fraction of sp³-hybridized carbons (Fsp3) is 0.211. The normalized spacial score (nSPS) is 16.2. The molecule has 0 saturated heterocycles. The number of fused-ring (bicyclic) bond motifs is 1. The Bertz CT molecular complexity index is 833. The van der Waals surface area contributed by atoms with Gasteiger partial charge in [-0.25, -0.2) is 0 Å². The van der Waals surface area contributed by atoms with Gasteiger partial charge in [-0.3, -0.25) is 4.79 Å². The molecule has 1 aliphatic rings. The number of ether oxygens (including phenoxy) is 2. The highest BCUT2D eigenvalue weighted by Gasteiger charge is 2.31. The third kappa shape index (κ3) is 3.99. The average Bonchev–Trinajstić information content (AvgIpc) is 2.61. The zero-order valence-electron chi connectivity index (χ0n) is 13.7. The average molecular weight is 363 g/mol. The Kier molecular flexibility index (Phi) is 4.88. The molecule has 1 atom stereocenters. The van der Waals surface area contributed by atoms with Crippen LogP contribution in [0.15, 0.2) is 55.1 Å². The predicted molar refractivity (Wildman–Crippen MR) is 89.3 cm³/mol. The topological polar surface area (TPSA) is 47.6 Å². The number of hydrogen-bond acceptors (Lipinski definition) is 3. The van der Waals surface area contributed by atoms with E-state index in [4.69, 9.17) is 9.47 Å². The Morgan fingerprint density at radius 2 is 2.04 bits per heavy atom. The maximum Gasteiger partial charge on any atom is 0.416 e. The SMILES string of the molecule is C=CC(=O)NC1COc2c(cccc2Oc2cccc(C(F)(F)F)c2)C1. The van der Waals surface area contributed by atoms with Crippen LogP contribution in [0.2, 0.25) is 0 Å². The van der Waals surface area contributed by atoms with Crippen LogP contribution in [-0.4, -0.2) is 18.6 Å². The fourth-order valence-electron chi connectivity index (χ4n) is 2.69. The number of alkyl halides is 3. The molecule has 0 aliphatic carbocycles. The number of rotatable bonds is 4. The van der Waals surface area contributed by atoms with Crippen LogP contribution in [0.3, 0.4) is 0 Å². The molecule has 0 fully saturated rings. The third-order valence-corrected chi connectivity index (χ3v) is 3.88. The lowest BCUT2D eigenvalue weighted by Gasteiger charge is -2.27. The summed E-state index contributed by atoms with van der Waals surface area (Å²) in [5.41, 5.74) is 0.0167. The van der Waals surface area contributed by atoms with Crippen LogP contribution in [0, 0.1) is 0 Å². The Morgan fingerprint density at radius 3 is 2.77 bits per heavy atom. The molecule has 3 rings (SSSR count). The van der Waals surface area contributed by atoms with Crippen molar-refractivity contribution in [3.05, 3.63) is 66.2 Å². The minimum atomic E-state index is -4.44. The van der Waals surface area contributed by atoms with Gasteiger partial charge in [-0.1, -0.05) is 24.8 Å². The van der Waals surface area contributed by atoms with E-state index < -0.39 is 11.7 Å². The fourth-order valence-corrected chi connectivity index (χ4v) is 2.69. The molecule has 0 saturated carbocycles. The molecule has 1 aliphatic heterocycles. The van der Waals surface area contributed by atoms with Crippen molar-refractivity contribution >= 4 is 5.91 Å². The molecule has 1 amide bonds. The standard InChI is InChI=1S/C19H16F3NO3/c1-2-17(24)23-14-9-12-5-3-8-16(18(12)25-11-14)26-15-7-4-6-13(10-15)19(20,21)22/h2-8,10,14H,1,9,11H2,(H,23,24). The van der Waals surface area contributed by atoms with Crippen LogP contribution >= 0.6 is 0 Å². The molecule has 1 unspecified atom stereocenters. The van der Waals surface area contributed by atoms with Gasteiger partial charge in [-0.15, -0.1) is 0 Å². The first-order chi connectivity index (χ1) is 12.4. The summed E-state index contributed by atoms with van der Waals surface area (Å²) in [7, 11) is 0. The molecule has 2 aromatic rings. The smallest absolute Gasteiger partial charge is 0.416 e. The van der Waals surface area contributed by atoms with Crippen molar-refractivity contribution in [2.75, 3.05) is 6.61 Å². The highest BCUT2D eigenvalue weighted by molar-refractivity contribution is 5.87. The van der Waals surface area contributed by atoms with Crippen molar-refractivity contribution in [2.24, 2.45) is 0 Å². The van der Waals surface area contributed by atoms with E-state index in [2.05, 4.69) is 11.9 Å². The number of carbonyl (C=O) groups excluding carboxylic acids is 1. The third-order valence-electron chi connectivity index (χ3n) is 3.88. The lowest BCUT2D eigenvalue weighted by Crippen LogP contribution is -2.42. The molecule has 0 bridgehead atoms. The van der Waals surface area contributed by atoms with Crippen LogP contribution in [0.25, 0.3) is 0 Å². The molecule has 0 aromatic heterocycles. The van der Waals surface area contributed by atoms with E-state index in [1.807, 2.05) is 6.07 Å². The second-order valence-corrected chi connectivity index (χ2v) is 5.80. The van der Waals surface area contributed by atoms with Gasteiger partial charge in [0, 0.05) is 5.56 Å². The van der Waals surface area contributed by atoms with Crippen molar-refractivity contribution < 1.29 is 27.4 Å². The van der Waals surface area contributed by atoms with Gasteiger partial charge in [0.05, 0.1) is 11.6 Å².